The maximum atomic E-state index is 13.4. The average molecular weight is 497 g/mol. The van der Waals surface area contributed by atoms with Crippen molar-refractivity contribution in [3.8, 4) is 0 Å². The van der Waals surface area contributed by atoms with E-state index in [4.69, 9.17) is 39.9 Å². The first-order chi connectivity index (χ1) is 13.5. The fraction of sp³-hybridized carbons (Fsp3) is 0.316. The summed E-state index contributed by atoms with van der Waals surface area (Å²) in [5.41, 5.74) is 0.246. The van der Waals surface area contributed by atoms with Crippen molar-refractivity contribution in [1.82, 2.24) is 0 Å². The quantitative estimate of drug-likeness (QED) is 0.431. The minimum atomic E-state index is -3.99. The number of carboxylic acids is 1. The smallest absolute Gasteiger partial charge is 0.304 e. The first kappa shape index (κ1) is 24.2. The highest BCUT2D eigenvalue weighted by Crippen LogP contribution is 2.36. The van der Waals surface area contributed by atoms with Gasteiger partial charge in [-0.05, 0) is 62.2 Å². The topological polar surface area (TPSA) is 74.7 Å². The van der Waals surface area contributed by atoms with Crippen LogP contribution in [0.3, 0.4) is 0 Å². The number of nitrogens with zero attached hydrogens (tertiary/aromatic N) is 1. The van der Waals surface area contributed by atoms with Gasteiger partial charge in [-0.25, -0.2) is 8.42 Å². The van der Waals surface area contributed by atoms with E-state index in [0.717, 1.165) is 0 Å². The Kier molecular flexibility index (Phi) is 8.55. The van der Waals surface area contributed by atoms with Crippen LogP contribution in [0.2, 0.25) is 15.1 Å². The summed E-state index contributed by atoms with van der Waals surface area (Å²) in [6, 6.07) is 9.88. The summed E-state index contributed by atoms with van der Waals surface area (Å²) in [5, 5.41) is 9.49. The molecule has 0 aliphatic rings. The van der Waals surface area contributed by atoms with Crippen molar-refractivity contribution in [2.45, 2.75) is 42.4 Å². The van der Waals surface area contributed by atoms with Gasteiger partial charge in [0.1, 0.15) is 0 Å². The van der Waals surface area contributed by atoms with Gasteiger partial charge in [-0.2, -0.15) is 12.6 Å². The van der Waals surface area contributed by atoms with E-state index in [2.05, 4.69) is 12.6 Å². The van der Waals surface area contributed by atoms with Gasteiger partial charge >= 0.3 is 5.97 Å². The second-order valence-corrected chi connectivity index (χ2v) is 10.4. The molecule has 2 atom stereocenters. The standard InChI is InChI=1S/C19H20Cl3NO4S2/c1-12(2-6-15(28)11-19(24)25)23(18-10-14(21)5-9-17(18)22)29(26,27)16-7-3-13(20)4-8-16/h3-5,7-10,12,15,28H,2,6,11H2,1H3,(H,24,25)/t12-,15?/m1/s1. The number of carboxylic acid groups (broad SMARTS) is 1. The van der Waals surface area contributed by atoms with Crippen molar-refractivity contribution in [1.29, 1.82) is 0 Å². The first-order valence-corrected chi connectivity index (χ1v) is 11.8. The molecule has 0 spiro atoms. The normalized spacial score (nSPS) is 13.7. The minimum Gasteiger partial charge on any atom is -0.481 e. The highest BCUT2D eigenvalue weighted by Gasteiger charge is 2.31. The molecule has 2 aromatic carbocycles. The van der Waals surface area contributed by atoms with Crippen molar-refractivity contribution >= 4 is 69.1 Å². The number of thiol groups is 1. The third-order valence-corrected chi connectivity index (χ3v) is 7.43. The van der Waals surface area contributed by atoms with E-state index in [1.54, 1.807) is 13.0 Å². The molecule has 29 heavy (non-hydrogen) atoms. The number of carbonyl (C=O) groups is 1. The summed E-state index contributed by atoms with van der Waals surface area (Å²) in [7, 11) is -3.99. The molecule has 2 aromatic rings. The van der Waals surface area contributed by atoms with Gasteiger partial charge in [-0.3, -0.25) is 9.10 Å². The molecule has 0 bridgehead atoms. The lowest BCUT2D eigenvalue weighted by Gasteiger charge is -2.32. The van der Waals surface area contributed by atoms with Crippen LogP contribution in [-0.4, -0.2) is 30.8 Å². The molecule has 2 rings (SSSR count). The van der Waals surface area contributed by atoms with E-state index in [1.807, 2.05) is 0 Å². The number of halogens is 3. The fourth-order valence-electron chi connectivity index (χ4n) is 2.83. The van der Waals surface area contributed by atoms with E-state index in [0.29, 0.717) is 22.9 Å². The first-order valence-electron chi connectivity index (χ1n) is 8.67. The Balaban J connectivity index is 2.44. The Labute approximate surface area is 191 Å². The van der Waals surface area contributed by atoms with Crippen molar-refractivity contribution in [3.05, 3.63) is 57.5 Å². The Morgan fingerprint density at radius 1 is 1.07 bits per heavy atom. The van der Waals surface area contributed by atoms with Crippen molar-refractivity contribution < 1.29 is 18.3 Å². The monoisotopic (exact) mass is 495 g/mol. The van der Waals surface area contributed by atoms with E-state index in [-0.39, 0.29) is 22.0 Å². The molecular weight excluding hydrogens is 477 g/mol. The SMILES string of the molecule is C[C@H](CCC(S)CC(=O)O)N(c1cc(Cl)ccc1Cl)S(=O)(=O)c1ccc(Cl)cc1. The number of hydrogen-bond acceptors (Lipinski definition) is 4. The molecule has 0 radical (unpaired) electrons. The Morgan fingerprint density at radius 2 is 1.66 bits per heavy atom. The lowest BCUT2D eigenvalue weighted by molar-refractivity contribution is -0.137. The lowest BCUT2D eigenvalue weighted by Crippen LogP contribution is -2.39. The predicted octanol–water partition coefficient (Wildman–Crippen LogP) is 5.78. The van der Waals surface area contributed by atoms with Crippen LogP contribution >= 0.6 is 47.4 Å². The summed E-state index contributed by atoms with van der Waals surface area (Å²) in [6.45, 7) is 1.73. The third kappa shape index (κ3) is 6.43. The molecule has 0 aromatic heterocycles. The van der Waals surface area contributed by atoms with Crippen LogP contribution in [0.1, 0.15) is 26.2 Å². The fourth-order valence-corrected chi connectivity index (χ4v) is 5.39. The van der Waals surface area contributed by atoms with Gasteiger partial charge in [0.15, 0.2) is 0 Å². The second kappa shape index (κ2) is 10.3. The molecule has 158 valence electrons. The number of hydrogen-bond donors (Lipinski definition) is 2. The molecule has 0 fully saturated rings. The number of anilines is 1. The zero-order valence-corrected chi connectivity index (χ0v) is 19.4. The molecule has 5 nitrogen and oxygen atoms in total. The van der Waals surface area contributed by atoms with Gasteiger partial charge in [-0.15, -0.1) is 0 Å². The Hall–Kier alpha value is -1.12. The Bertz CT molecular complexity index is 968. The van der Waals surface area contributed by atoms with Crippen LogP contribution in [-0.2, 0) is 14.8 Å². The number of sulfonamides is 1. The number of benzene rings is 2. The van der Waals surface area contributed by atoms with Crippen LogP contribution in [0, 0.1) is 0 Å². The van der Waals surface area contributed by atoms with Crippen molar-refractivity contribution in [2.75, 3.05) is 4.31 Å². The molecule has 0 amide bonds. The summed E-state index contributed by atoms with van der Waals surface area (Å²) in [4.78, 5) is 10.9. The maximum absolute atomic E-state index is 13.4. The van der Waals surface area contributed by atoms with Gasteiger partial charge in [0.2, 0.25) is 0 Å². The molecule has 1 unspecified atom stereocenters. The molecule has 0 aliphatic carbocycles. The molecule has 0 heterocycles. The van der Waals surface area contributed by atoms with Gasteiger partial charge in [0.05, 0.1) is 22.0 Å². The summed E-state index contributed by atoms with van der Waals surface area (Å²) in [6.07, 6.45) is 0.663. The van der Waals surface area contributed by atoms with E-state index in [9.17, 15) is 13.2 Å². The molecular formula is C19H20Cl3NO4S2. The molecule has 0 aliphatic heterocycles. The Morgan fingerprint density at radius 3 is 2.24 bits per heavy atom. The highest BCUT2D eigenvalue weighted by atomic mass is 35.5. The largest absolute Gasteiger partial charge is 0.481 e. The highest BCUT2D eigenvalue weighted by molar-refractivity contribution is 7.92. The van der Waals surface area contributed by atoms with Crippen molar-refractivity contribution in [3.63, 3.8) is 0 Å². The summed E-state index contributed by atoms with van der Waals surface area (Å²) < 4.78 is 28.1. The minimum absolute atomic E-state index is 0.0535. The van der Waals surface area contributed by atoms with E-state index < -0.39 is 27.3 Å². The second-order valence-electron chi connectivity index (χ2n) is 6.53. The van der Waals surface area contributed by atoms with Gasteiger partial charge < -0.3 is 5.11 Å². The van der Waals surface area contributed by atoms with Crippen LogP contribution in [0.15, 0.2) is 47.4 Å². The van der Waals surface area contributed by atoms with Gasteiger partial charge in [0.25, 0.3) is 10.0 Å². The molecule has 0 saturated carbocycles. The predicted molar refractivity (Wildman–Crippen MR) is 121 cm³/mol. The van der Waals surface area contributed by atoms with Crippen LogP contribution in [0.25, 0.3) is 0 Å². The van der Waals surface area contributed by atoms with E-state index in [1.165, 1.54) is 40.7 Å². The number of rotatable bonds is 9. The molecule has 1 N–H and O–H groups in total. The van der Waals surface area contributed by atoms with Crippen LogP contribution < -0.4 is 4.31 Å². The van der Waals surface area contributed by atoms with Crippen LogP contribution in [0.5, 0.6) is 0 Å². The zero-order chi connectivity index (χ0) is 21.8. The third-order valence-electron chi connectivity index (χ3n) is 4.24. The van der Waals surface area contributed by atoms with Gasteiger partial charge in [-0.1, -0.05) is 34.8 Å². The molecule has 10 heteroatoms. The van der Waals surface area contributed by atoms with E-state index >= 15 is 0 Å². The van der Waals surface area contributed by atoms with Gasteiger partial charge in [0, 0.05) is 21.3 Å². The molecule has 0 saturated heterocycles. The summed E-state index contributed by atoms with van der Waals surface area (Å²) >= 11 is 22.6. The maximum Gasteiger partial charge on any atom is 0.304 e. The number of aliphatic carboxylic acids is 1. The lowest BCUT2D eigenvalue weighted by atomic mass is 10.1. The zero-order valence-electron chi connectivity index (χ0n) is 15.4. The van der Waals surface area contributed by atoms with Crippen molar-refractivity contribution in [2.24, 2.45) is 0 Å². The van der Waals surface area contributed by atoms with Crippen LogP contribution in [0.4, 0.5) is 5.69 Å². The average Bonchev–Trinajstić information content (AvgIpc) is 2.62. The summed E-state index contributed by atoms with van der Waals surface area (Å²) in [5.74, 6) is -0.957.